The quantitative estimate of drug-likeness (QED) is 0.811. The number of carbonyl (C=O) groups excluding carboxylic acids is 1. The fourth-order valence-corrected chi connectivity index (χ4v) is 3.39. The van der Waals surface area contributed by atoms with Crippen LogP contribution in [0.3, 0.4) is 0 Å². The molecule has 0 bridgehead atoms. The van der Waals surface area contributed by atoms with E-state index in [4.69, 9.17) is 0 Å². The fraction of sp³-hybridized carbons (Fsp3) is 0.267. The Hall–Kier alpha value is -0.930. The van der Waals surface area contributed by atoms with Crippen molar-refractivity contribution in [2.45, 2.75) is 26.7 Å². The van der Waals surface area contributed by atoms with Crippen LogP contribution in [0.5, 0.6) is 0 Å². The second-order valence-electron chi connectivity index (χ2n) is 4.55. The number of ketones is 1. The summed E-state index contributed by atoms with van der Waals surface area (Å²) in [6.07, 6.45) is 1.06. The molecule has 94 valence electrons. The molecule has 0 aliphatic rings. The number of Topliss-reactive ketones (excluding diaryl/α,β-unsaturated/α-hetero) is 1. The van der Waals surface area contributed by atoms with E-state index >= 15 is 0 Å². The Morgan fingerprint density at radius 1 is 1.22 bits per heavy atom. The summed E-state index contributed by atoms with van der Waals surface area (Å²) in [6.45, 7) is 4.12. The molecule has 0 spiro atoms. The Morgan fingerprint density at radius 3 is 2.67 bits per heavy atom. The fourth-order valence-electron chi connectivity index (χ4n) is 1.91. The van der Waals surface area contributed by atoms with E-state index in [1.54, 1.807) is 11.3 Å². The maximum Gasteiger partial charge on any atom is 0.142 e. The second kappa shape index (κ2) is 5.81. The number of halogens is 1. The van der Waals surface area contributed by atoms with Crippen LogP contribution in [0.4, 0.5) is 0 Å². The number of benzene rings is 1. The Bertz CT molecular complexity index is 572. The van der Waals surface area contributed by atoms with Crippen LogP contribution in [-0.4, -0.2) is 5.78 Å². The molecular formula is C15H15BrOS. The van der Waals surface area contributed by atoms with Gasteiger partial charge in [-0.05, 0) is 47.0 Å². The van der Waals surface area contributed by atoms with Crippen molar-refractivity contribution >= 4 is 33.0 Å². The highest BCUT2D eigenvalue weighted by molar-refractivity contribution is 9.10. The number of aryl methyl sites for hydroxylation is 2. The molecule has 1 aromatic heterocycles. The van der Waals surface area contributed by atoms with E-state index in [0.29, 0.717) is 12.8 Å². The molecule has 0 amide bonds. The van der Waals surface area contributed by atoms with Crippen LogP contribution in [0, 0.1) is 13.8 Å². The van der Waals surface area contributed by atoms with E-state index in [-0.39, 0.29) is 5.78 Å². The molecule has 3 heteroatoms. The van der Waals surface area contributed by atoms with Crippen molar-refractivity contribution in [2.24, 2.45) is 0 Å². The molecule has 0 atom stereocenters. The Morgan fingerprint density at radius 2 is 2.00 bits per heavy atom. The van der Waals surface area contributed by atoms with E-state index in [0.717, 1.165) is 14.9 Å². The lowest BCUT2D eigenvalue weighted by molar-refractivity contribution is -0.117. The summed E-state index contributed by atoms with van der Waals surface area (Å²) in [5.74, 6) is 0.276. The topological polar surface area (TPSA) is 17.1 Å². The third kappa shape index (κ3) is 3.53. The van der Waals surface area contributed by atoms with Gasteiger partial charge in [-0.1, -0.05) is 23.8 Å². The number of carbonyl (C=O) groups is 1. The average molecular weight is 323 g/mol. The van der Waals surface area contributed by atoms with Crippen LogP contribution in [-0.2, 0) is 17.6 Å². The number of thiophene rings is 1. The minimum atomic E-state index is 0.276. The second-order valence-corrected chi connectivity index (χ2v) is 6.46. The highest BCUT2D eigenvalue weighted by atomic mass is 79.9. The predicted octanol–water partition coefficient (Wildman–Crippen LogP) is 4.48. The number of rotatable bonds is 4. The summed E-state index contributed by atoms with van der Waals surface area (Å²) in [7, 11) is 0. The lowest BCUT2D eigenvalue weighted by Gasteiger charge is -2.06. The van der Waals surface area contributed by atoms with Crippen molar-refractivity contribution < 1.29 is 4.79 Å². The summed E-state index contributed by atoms with van der Waals surface area (Å²) in [6, 6.07) is 8.29. The Kier molecular flexibility index (Phi) is 4.36. The normalized spacial score (nSPS) is 10.6. The molecule has 0 saturated heterocycles. The van der Waals surface area contributed by atoms with Crippen molar-refractivity contribution in [1.29, 1.82) is 0 Å². The zero-order valence-corrected chi connectivity index (χ0v) is 12.9. The largest absolute Gasteiger partial charge is 0.299 e. The summed E-state index contributed by atoms with van der Waals surface area (Å²) in [5, 5.41) is 2.01. The van der Waals surface area contributed by atoms with Crippen LogP contribution in [0.15, 0.2) is 34.1 Å². The van der Waals surface area contributed by atoms with Crippen molar-refractivity contribution in [1.82, 2.24) is 0 Å². The van der Waals surface area contributed by atoms with Crippen molar-refractivity contribution in [3.05, 3.63) is 55.7 Å². The van der Waals surface area contributed by atoms with E-state index in [9.17, 15) is 4.79 Å². The third-order valence-electron chi connectivity index (χ3n) is 2.89. The van der Waals surface area contributed by atoms with Gasteiger partial charge in [0, 0.05) is 27.6 Å². The highest BCUT2D eigenvalue weighted by Crippen LogP contribution is 2.21. The SMILES string of the molecule is Cc1ccc(C)c(CC(=O)Cc2cc(Br)cs2)c1. The molecule has 1 heterocycles. The smallest absolute Gasteiger partial charge is 0.142 e. The molecular weight excluding hydrogens is 308 g/mol. The van der Waals surface area contributed by atoms with E-state index in [2.05, 4.69) is 48.0 Å². The van der Waals surface area contributed by atoms with E-state index in [1.165, 1.54) is 11.1 Å². The maximum absolute atomic E-state index is 12.0. The molecule has 0 saturated carbocycles. The van der Waals surface area contributed by atoms with Gasteiger partial charge in [0.25, 0.3) is 0 Å². The van der Waals surface area contributed by atoms with Crippen LogP contribution in [0.1, 0.15) is 21.6 Å². The molecule has 2 rings (SSSR count). The van der Waals surface area contributed by atoms with Crippen LogP contribution in [0.2, 0.25) is 0 Å². The maximum atomic E-state index is 12.0. The third-order valence-corrected chi connectivity index (χ3v) is 4.58. The minimum absolute atomic E-state index is 0.276. The van der Waals surface area contributed by atoms with Crippen molar-refractivity contribution in [2.75, 3.05) is 0 Å². The van der Waals surface area contributed by atoms with Gasteiger partial charge in [-0.2, -0.15) is 0 Å². The van der Waals surface area contributed by atoms with Gasteiger partial charge in [0.2, 0.25) is 0 Å². The molecule has 1 aromatic carbocycles. The Balaban J connectivity index is 2.05. The molecule has 18 heavy (non-hydrogen) atoms. The highest BCUT2D eigenvalue weighted by Gasteiger charge is 2.09. The Labute approximate surface area is 120 Å². The zero-order chi connectivity index (χ0) is 13.1. The summed E-state index contributed by atoms with van der Waals surface area (Å²) >= 11 is 5.04. The van der Waals surface area contributed by atoms with Gasteiger partial charge in [-0.3, -0.25) is 4.79 Å². The number of hydrogen-bond donors (Lipinski definition) is 0. The summed E-state index contributed by atoms with van der Waals surface area (Å²) in [4.78, 5) is 13.2. The monoisotopic (exact) mass is 322 g/mol. The molecule has 1 nitrogen and oxygen atoms in total. The first kappa shape index (κ1) is 13.5. The molecule has 0 N–H and O–H groups in total. The lowest BCUT2D eigenvalue weighted by atomic mass is 9.99. The first-order valence-corrected chi connectivity index (χ1v) is 7.52. The summed E-state index contributed by atoms with van der Waals surface area (Å²) < 4.78 is 1.06. The molecule has 0 aliphatic heterocycles. The molecule has 0 unspecified atom stereocenters. The first-order valence-electron chi connectivity index (χ1n) is 5.85. The minimum Gasteiger partial charge on any atom is -0.299 e. The zero-order valence-electron chi connectivity index (χ0n) is 10.5. The average Bonchev–Trinajstić information content (AvgIpc) is 2.69. The summed E-state index contributed by atoms with van der Waals surface area (Å²) in [5.41, 5.74) is 3.55. The molecule has 0 radical (unpaired) electrons. The van der Waals surface area contributed by atoms with Gasteiger partial charge in [-0.15, -0.1) is 11.3 Å². The number of hydrogen-bond acceptors (Lipinski definition) is 2. The van der Waals surface area contributed by atoms with Crippen molar-refractivity contribution in [3.63, 3.8) is 0 Å². The van der Waals surface area contributed by atoms with Crippen LogP contribution in [0.25, 0.3) is 0 Å². The van der Waals surface area contributed by atoms with E-state index in [1.807, 2.05) is 11.4 Å². The standard InChI is InChI=1S/C15H15BrOS/c1-10-3-4-11(2)12(5-10)6-14(17)8-15-7-13(16)9-18-15/h3-5,7,9H,6,8H2,1-2H3. The van der Waals surface area contributed by atoms with Gasteiger partial charge in [0.1, 0.15) is 5.78 Å². The predicted molar refractivity (Wildman–Crippen MR) is 80.4 cm³/mol. The van der Waals surface area contributed by atoms with Gasteiger partial charge >= 0.3 is 0 Å². The van der Waals surface area contributed by atoms with Crippen LogP contribution >= 0.6 is 27.3 Å². The van der Waals surface area contributed by atoms with Crippen LogP contribution < -0.4 is 0 Å². The molecule has 0 aliphatic carbocycles. The van der Waals surface area contributed by atoms with Gasteiger partial charge in [0.05, 0.1) is 0 Å². The van der Waals surface area contributed by atoms with Crippen molar-refractivity contribution in [3.8, 4) is 0 Å². The first-order chi connectivity index (χ1) is 8.54. The lowest BCUT2D eigenvalue weighted by Crippen LogP contribution is -2.06. The molecule has 2 aromatic rings. The van der Waals surface area contributed by atoms with Gasteiger partial charge < -0.3 is 0 Å². The van der Waals surface area contributed by atoms with Gasteiger partial charge in [-0.25, -0.2) is 0 Å². The van der Waals surface area contributed by atoms with Gasteiger partial charge in [0.15, 0.2) is 0 Å². The van der Waals surface area contributed by atoms with E-state index < -0.39 is 0 Å². The molecule has 0 fully saturated rings.